The molecule has 4 aromatic rings. The Balaban J connectivity index is 1.89. The van der Waals surface area contributed by atoms with Crippen LogP contribution in [0.4, 0.5) is 27.8 Å². The second kappa shape index (κ2) is 7.17. The molecular weight excluding hydrogens is 407 g/mol. The molecule has 152 valence electrons. The molecular formula is C19H11F5N6. The highest BCUT2D eigenvalue weighted by atomic mass is 19.4. The van der Waals surface area contributed by atoms with Crippen molar-refractivity contribution in [1.29, 1.82) is 0 Å². The van der Waals surface area contributed by atoms with E-state index in [1.165, 1.54) is 42.6 Å². The summed E-state index contributed by atoms with van der Waals surface area (Å²) in [4.78, 5) is 3.94. The topological polar surface area (TPSA) is 82.5 Å². The number of benzene rings is 2. The molecule has 0 spiro atoms. The van der Waals surface area contributed by atoms with Gasteiger partial charge in [0.15, 0.2) is 17.5 Å². The Hall–Kier alpha value is -3.89. The molecule has 2 aromatic carbocycles. The fourth-order valence-corrected chi connectivity index (χ4v) is 2.96. The van der Waals surface area contributed by atoms with Gasteiger partial charge in [-0.1, -0.05) is 24.3 Å². The number of nitrogen functional groups attached to an aromatic ring is 1. The third-order valence-electron chi connectivity index (χ3n) is 4.33. The summed E-state index contributed by atoms with van der Waals surface area (Å²) in [7, 11) is 0. The van der Waals surface area contributed by atoms with Crippen molar-refractivity contribution >= 4 is 5.82 Å². The highest BCUT2D eigenvalue weighted by Gasteiger charge is 2.33. The molecule has 2 heterocycles. The molecule has 0 aliphatic rings. The molecule has 11 heteroatoms. The van der Waals surface area contributed by atoms with Crippen molar-refractivity contribution in [3.63, 3.8) is 0 Å². The fraction of sp³-hybridized carbons (Fsp3) is 0.0526. The Bertz CT molecular complexity index is 1230. The second-order valence-corrected chi connectivity index (χ2v) is 6.19. The Labute approximate surface area is 165 Å². The molecule has 0 atom stereocenters. The zero-order chi connectivity index (χ0) is 21.5. The molecule has 2 aromatic heterocycles. The van der Waals surface area contributed by atoms with E-state index in [-0.39, 0.29) is 34.0 Å². The van der Waals surface area contributed by atoms with Gasteiger partial charge in [-0.3, -0.25) is 0 Å². The fourth-order valence-electron chi connectivity index (χ4n) is 2.96. The average molecular weight is 418 g/mol. The van der Waals surface area contributed by atoms with Crippen LogP contribution in [-0.4, -0.2) is 25.2 Å². The first kappa shape index (κ1) is 19.4. The Morgan fingerprint density at radius 1 is 0.933 bits per heavy atom. The van der Waals surface area contributed by atoms with Crippen LogP contribution in [0.2, 0.25) is 0 Å². The van der Waals surface area contributed by atoms with Crippen molar-refractivity contribution in [3.05, 3.63) is 71.9 Å². The van der Waals surface area contributed by atoms with Gasteiger partial charge in [-0.25, -0.2) is 13.8 Å². The van der Waals surface area contributed by atoms with Gasteiger partial charge in [0.05, 0.1) is 11.1 Å². The summed E-state index contributed by atoms with van der Waals surface area (Å²) >= 11 is 0. The van der Waals surface area contributed by atoms with Crippen LogP contribution in [0.3, 0.4) is 0 Å². The summed E-state index contributed by atoms with van der Waals surface area (Å²) in [6.07, 6.45) is -3.41. The van der Waals surface area contributed by atoms with Crippen LogP contribution < -0.4 is 5.73 Å². The van der Waals surface area contributed by atoms with Crippen molar-refractivity contribution in [3.8, 4) is 28.2 Å². The Morgan fingerprint density at radius 3 is 2.47 bits per heavy atom. The molecule has 0 bridgehead atoms. The molecule has 0 radical (unpaired) electrons. The number of halogens is 5. The van der Waals surface area contributed by atoms with Gasteiger partial charge in [0.25, 0.3) is 0 Å². The summed E-state index contributed by atoms with van der Waals surface area (Å²) in [5.41, 5.74) is 4.75. The van der Waals surface area contributed by atoms with E-state index in [0.29, 0.717) is 0 Å². The molecule has 0 saturated carbocycles. The first-order chi connectivity index (χ1) is 14.3. The number of pyridine rings is 1. The van der Waals surface area contributed by atoms with Crippen molar-refractivity contribution < 1.29 is 22.0 Å². The highest BCUT2D eigenvalue weighted by Crippen LogP contribution is 2.38. The second-order valence-electron chi connectivity index (χ2n) is 6.19. The van der Waals surface area contributed by atoms with E-state index in [2.05, 4.69) is 20.5 Å². The van der Waals surface area contributed by atoms with Crippen molar-refractivity contribution in [2.24, 2.45) is 0 Å². The van der Waals surface area contributed by atoms with E-state index in [0.717, 1.165) is 16.8 Å². The number of tetrazole rings is 1. The minimum Gasteiger partial charge on any atom is -0.383 e. The standard InChI is InChI=1S/C19H11F5N6/c20-14-6-3-7-15(16(14)21)30-18(27-28-29-30)12-8-10(9-26-17(12)25)11-4-1-2-5-13(11)19(22,23)24/h1-9H,(H2,25,26). The van der Waals surface area contributed by atoms with Crippen LogP contribution in [0.15, 0.2) is 54.7 Å². The lowest BCUT2D eigenvalue weighted by atomic mass is 9.99. The lowest BCUT2D eigenvalue weighted by molar-refractivity contribution is -0.137. The summed E-state index contributed by atoms with van der Waals surface area (Å²) in [6.45, 7) is 0. The van der Waals surface area contributed by atoms with Gasteiger partial charge < -0.3 is 5.73 Å². The molecule has 30 heavy (non-hydrogen) atoms. The molecule has 2 N–H and O–H groups in total. The molecule has 6 nitrogen and oxygen atoms in total. The number of nitrogens with zero attached hydrogens (tertiary/aromatic N) is 5. The van der Waals surface area contributed by atoms with Crippen LogP contribution in [0.1, 0.15) is 5.56 Å². The zero-order valence-corrected chi connectivity index (χ0v) is 14.9. The highest BCUT2D eigenvalue weighted by molar-refractivity contribution is 5.78. The van der Waals surface area contributed by atoms with Gasteiger partial charge in [0, 0.05) is 11.8 Å². The summed E-state index contributed by atoms with van der Waals surface area (Å²) < 4.78 is 68.9. The minimum atomic E-state index is -4.59. The number of aromatic nitrogens is 5. The van der Waals surface area contributed by atoms with E-state index >= 15 is 0 Å². The lowest BCUT2D eigenvalue weighted by Gasteiger charge is -2.14. The number of alkyl halides is 3. The van der Waals surface area contributed by atoms with Crippen LogP contribution in [0.5, 0.6) is 0 Å². The maximum absolute atomic E-state index is 14.2. The predicted molar refractivity (Wildman–Crippen MR) is 97.2 cm³/mol. The van der Waals surface area contributed by atoms with Crippen LogP contribution in [-0.2, 0) is 6.18 Å². The van der Waals surface area contributed by atoms with Crippen molar-refractivity contribution in [1.82, 2.24) is 25.2 Å². The number of nitrogens with two attached hydrogens (primary N) is 1. The van der Waals surface area contributed by atoms with Crippen LogP contribution in [0, 0.1) is 11.6 Å². The van der Waals surface area contributed by atoms with Gasteiger partial charge in [-0.15, -0.1) is 5.10 Å². The maximum atomic E-state index is 14.2. The molecule has 0 saturated heterocycles. The summed E-state index contributed by atoms with van der Waals surface area (Å²) in [5.74, 6) is -2.53. The van der Waals surface area contributed by atoms with Gasteiger partial charge in [0.2, 0.25) is 0 Å². The normalized spacial score (nSPS) is 11.6. The third kappa shape index (κ3) is 3.34. The quantitative estimate of drug-likeness (QED) is 0.503. The predicted octanol–water partition coefficient (Wildman–Crippen LogP) is 4.27. The van der Waals surface area contributed by atoms with E-state index in [9.17, 15) is 22.0 Å². The molecule has 4 rings (SSSR count). The molecule has 0 aliphatic heterocycles. The maximum Gasteiger partial charge on any atom is 0.417 e. The van der Waals surface area contributed by atoms with E-state index in [4.69, 9.17) is 5.73 Å². The molecule has 0 aliphatic carbocycles. The smallest absolute Gasteiger partial charge is 0.383 e. The summed E-state index contributed by atoms with van der Waals surface area (Å²) in [5, 5.41) is 10.9. The van der Waals surface area contributed by atoms with E-state index < -0.39 is 23.4 Å². The van der Waals surface area contributed by atoms with E-state index in [1.807, 2.05) is 0 Å². The van der Waals surface area contributed by atoms with E-state index in [1.54, 1.807) is 0 Å². The van der Waals surface area contributed by atoms with Crippen molar-refractivity contribution in [2.45, 2.75) is 6.18 Å². The number of rotatable bonds is 3. The largest absolute Gasteiger partial charge is 0.417 e. The molecule has 0 fully saturated rings. The Morgan fingerprint density at radius 2 is 1.70 bits per heavy atom. The number of hydrogen-bond acceptors (Lipinski definition) is 5. The van der Waals surface area contributed by atoms with Gasteiger partial charge >= 0.3 is 6.18 Å². The Kier molecular flexibility index (Phi) is 4.65. The molecule has 0 amide bonds. The van der Waals surface area contributed by atoms with Gasteiger partial charge in [-0.05, 0) is 40.3 Å². The SMILES string of the molecule is Nc1ncc(-c2ccccc2C(F)(F)F)cc1-c1nnnn1-c1cccc(F)c1F. The number of hydrogen-bond donors (Lipinski definition) is 1. The van der Waals surface area contributed by atoms with Gasteiger partial charge in [0.1, 0.15) is 11.5 Å². The molecule has 0 unspecified atom stereocenters. The lowest BCUT2D eigenvalue weighted by Crippen LogP contribution is -2.08. The van der Waals surface area contributed by atoms with Crippen molar-refractivity contribution in [2.75, 3.05) is 5.73 Å². The minimum absolute atomic E-state index is 0.0538. The van der Waals surface area contributed by atoms with Crippen LogP contribution >= 0.6 is 0 Å². The first-order valence-electron chi connectivity index (χ1n) is 8.42. The number of anilines is 1. The summed E-state index contributed by atoms with van der Waals surface area (Å²) in [6, 6.07) is 9.69. The third-order valence-corrected chi connectivity index (χ3v) is 4.33. The zero-order valence-electron chi connectivity index (χ0n) is 14.9. The average Bonchev–Trinajstić information content (AvgIpc) is 3.19. The first-order valence-corrected chi connectivity index (χ1v) is 8.42. The van der Waals surface area contributed by atoms with Crippen LogP contribution in [0.25, 0.3) is 28.2 Å². The monoisotopic (exact) mass is 418 g/mol. The van der Waals surface area contributed by atoms with Gasteiger partial charge in [-0.2, -0.15) is 17.9 Å².